The van der Waals surface area contributed by atoms with Gasteiger partial charge in [0.15, 0.2) is 0 Å². The molecule has 0 aliphatic carbocycles. The summed E-state index contributed by atoms with van der Waals surface area (Å²) in [6.07, 6.45) is 11.8. The molecule has 2 rings (SSSR count). The summed E-state index contributed by atoms with van der Waals surface area (Å²) in [7, 11) is 0. The predicted octanol–water partition coefficient (Wildman–Crippen LogP) is 3.96. The number of hydrogen-bond acceptors (Lipinski definition) is 4. The van der Waals surface area contributed by atoms with Crippen molar-refractivity contribution < 1.29 is 19.7 Å². The van der Waals surface area contributed by atoms with Crippen LogP contribution < -0.4 is 0 Å². The van der Waals surface area contributed by atoms with E-state index in [2.05, 4.69) is 13.8 Å². The van der Waals surface area contributed by atoms with Gasteiger partial charge in [0.1, 0.15) is 0 Å². The van der Waals surface area contributed by atoms with E-state index in [9.17, 15) is 10.2 Å². The Bertz CT molecular complexity index is 304. The summed E-state index contributed by atoms with van der Waals surface area (Å²) in [4.78, 5) is 0. The lowest BCUT2D eigenvalue weighted by atomic mass is 10.0. The minimum Gasteiger partial charge on any atom is -0.390 e. The van der Waals surface area contributed by atoms with Crippen molar-refractivity contribution >= 4 is 0 Å². The van der Waals surface area contributed by atoms with Crippen LogP contribution in [-0.4, -0.2) is 46.8 Å². The molecule has 2 N–H and O–H groups in total. The fourth-order valence-corrected chi connectivity index (χ4v) is 4.07. The van der Waals surface area contributed by atoms with Gasteiger partial charge in [0, 0.05) is 0 Å². The molecule has 142 valence electrons. The van der Waals surface area contributed by atoms with E-state index in [4.69, 9.17) is 9.47 Å². The van der Waals surface area contributed by atoms with E-state index >= 15 is 0 Å². The maximum absolute atomic E-state index is 10.3. The zero-order valence-electron chi connectivity index (χ0n) is 15.7. The minimum atomic E-state index is -0.335. The lowest BCUT2D eigenvalue weighted by Crippen LogP contribution is -2.33. The van der Waals surface area contributed by atoms with Crippen LogP contribution in [0.3, 0.4) is 0 Å². The van der Waals surface area contributed by atoms with Crippen molar-refractivity contribution in [3.63, 3.8) is 0 Å². The zero-order chi connectivity index (χ0) is 17.4. The van der Waals surface area contributed by atoms with Gasteiger partial charge in [0.05, 0.1) is 36.6 Å². The van der Waals surface area contributed by atoms with Gasteiger partial charge in [-0.2, -0.15) is 0 Å². The normalized spacial score (nSPS) is 33.0. The molecule has 6 atom stereocenters. The smallest absolute Gasteiger partial charge is 0.0842 e. The highest BCUT2D eigenvalue weighted by Crippen LogP contribution is 2.34. The van der Waals surface area contributed by atoms with Crippen LogP contribution in [-0.2, 0) is 9.47 Å². The van der Waals surface area contributed by atoms with Gasteiger partial charge in [-0.3, -0.25) is 0 Å². The van der Waals surface area contributed by atoms with Gasteiger partial charge in [-0.25, -0.2) is 0 Å². The molecule has 0 aromatic carbocycles. The monoisotopic (exact) mass is 342 g/mol. The highest BCUT2D eigenvalue weighted by Gasteiger charge is 2.40. The van der Waals surface area contributed by atoms with Crippen molar-refractivity contribution in [2.45, 2.75) is 128 Å². The van der Waals surface area contributed by atoms with Crippen LogP contribution in [0.15, 0.2) is 0 Å². The average Bonchev–Trinajstić information content (AvgIpc) is 3.24. The third kappa shape index (κ3) is 5.98. The molecule has 2 aliphatic rings. The van der Waals surface area contributed by atoms with Gasteiger partial charge in [0.2, 0.25) is 0 Å². The molecule has 0 amide bonds. The Morgan fingerprint density at radius 1 is 0.708 bits per heavy atom. The van der Waals surface area contributed by atoms with Crippen LogP contribution in [0.25, 0.3) is 0 Å². The first-order valence-electron chi connectivity index (χ1n) is 10.3. The second kappa shape index (κ2) is 10.7. The van der Waals surface area contributed by atoms with E-state index in [1.54, 1.807) is 0 Å². The highest BCUT2D eigenvalue weighted by molar-refractivity contribution is 4.89. The van der Waals surface area contributed by atoms with E-state index in [1.807, 2.05) is 0 Å². The second-order valence-corrected chi connectivity index (χ2v) is 7.71. The topological polar surface area (TPSA) is 58.9 Å². The molecular formula is C20H38O4. The molecule has 24 heavy (non-hydrogen) atoms. The third-order valence-corrected chi connectivity index (χ3v) is 5.65. The van der Waals surface area contributed by atoms with Gasteiger partial charge in [0.25, 0.3) is 0 Å². The Hall–Kier alpha value is -0.160. The van der Waals surface area contributed by atoms with Crippen LogP contribution in [0.2, 0.25) is 0 Å². The molecule has 0 spiro atoms. The average molecular weight is 343 g/mol. The molecule has 0 unspecified atom stereocenters. The molecule has 0 aromatic rings. The fraction of sp³-hybridized carbons (Fsp3) is 1.00. The number of rotatable bonds is 11. The van der Waals surface area contributed by atoms with Crippen molar-refractivity contribution in [3.05, 3.63) is 0 Å². The summed E-state index contributed by atoms with van der Waals surface area (Å²) in [5, 5.41) is 20.6. The Morgan fingerprint density at radius 3 is 1.50 bits per heavy atom. The number of aliphatic hydroxyl groups excluding tert-OH is 2. The fourth-order valence-electron chi connectivity index (χ4n) is 4.07. The van der Waals surface area contributed by atoms with Crippen molar-refractivity contribution in [1.29, 1.82) is 0 Å². The molecule has 2 heterocycles. The van der Waals surface area contributed by atoms with Crippen LogP contribution in [0.1, 0.15) is 90.9 Å². The van der Waals surface area contributed by atoms with Gasteiger partial charge >= 0.3 is 0 Å². The number of unbranched alkanes of at least 4 members (excludes halogenated alkanes) is 4. The van der Waals surface area contributed by atoms with Gasteiger partial charge in [-0.15, -0.1) is 0 Å². The SMILES string of the molecule is CCCCC[C@@H](O)[C@H]1CC[C@H]([C@H]2CC[C@H]([C@H](O)CCCCC)O2)O1. The molecule has 2 saturated heterocycles. The Kier molecular flexibility index (Phi) is 9.02. The van der Waals surface area contributed by atoms with Crippen molar-refractivity contribution in [3.8, 4) is 0 Å². The minimum absolute atomic E-state index is 0.0241. The molecule has 2 fully saturated rings. The van der Waals surface area contributed by atoms with E-state index in [0.717, 1.165) is 51.4 Å². The summed E-state index contributed by atoms with van der Waals surface area (Å²) < 4.78 is 12.2. The van der Waals surface area contributed by atoms with Gasteiger partial charge in [-0.1, -0.05) is 52.4 Å². The van der Waals surface area contributed by atoms with Crippen molar-refractivity contribution in [2.24, 2.45) is 0 Å². The summed E-state index contributed by atoms with van der Waals surface area (Å²) in [6, 6.07) is 0. The van der Waals surface area contributed by atoms with Crippen LogP contribution >= 0.6 is 0 Å². The molecule has 2 aliphatic heterocycles. The predicted molar refractivity (Wildman–Crippen MR) is 96.1 cm³/mol. The maximum Gasteiger partial charge on any atom is 0.0842 e. The Labute approximate surface area is 147 Å². The number of aliphatic hydroxyl groups is 2. The van der Waals surface area contributed by atoms with E-state index in [1.165, 1.54) is 25.7 Å². The Morgan fingerprint density at radius 2 is 1.12 bits per heavy atom. The third-order valence-electron chi connectivity index (χ3n) is 5.65. The van der Waals surface area contributed by atoms with Gasteiger partial charge < -0.3 is 19.7 Å². The lowest BCUT2D eigenvalue weighted by Gasteiger charge is -2.24. The molecule has 0 radical (unpaired) electrons. The largest absolute Gasteiger partial charge is 0.390 e. The standard InChI is InChI=1S/C20H38O4/c1-3-5-7-9-15(21)17-11-13-19(23-17)20-14-12-18(24-20)16(22)10-8-6-4-2/h15-22H,3-14H2,1-2H3/t15-,16-,17-,18-,19-,20-/m1/s1. The second-order valence-electron chi connectivity index (χ2n) is 7.71. The molecular weight excluding hydrogens is 304 g/mol. The molecule has 4 nitrogen and oxygen atoms in total. The summed E-state index contributed by atoms with van der Waals surface area (Å²) in [5.41, 5.74) is 0. The molecule has 0 bridgehead atoms. The quantitative estimate of drug-likeness (QED) is 0.558. The maximum atomic E-state index is 10.3. The van der Waals surface area contributed by atoms with E-state index in [-0.39, 0.29) is 36.6 Å². The lowest BCUT2D eigenvalue weighted by molar-refractivity contribution is -0.110. The van der Waals surface area contributed by atoms with Crippen LogP contribution in [0.4, 0.5) is 0 Å². The van der Waals surface area contributed by atoms with Crippen LogP contribution in [0.5, 0.6) is 0 Å². The molecule has 0 aromatic heterocycles. The van der Waals surface area contributed by atoms with E-state index < -0.39 is 0 Å². The van der Waals surface area contributed by atoms with Crippen molar-refractivity contribution in [2.75, 3.05) is 0 Å². The first-order chi connectivity index (χ1) is 11.7. The van der Waals surface area contributed by atoms with E-state index in [0.29, 0.717) is 0 Å². The number of hydrogen-bond donors (Lipinski definition) is 2. The summed E-state index contributed by atoms with van der Waals surface area (Å²) >= 11 is 0. The summed E-state index contributed by atoms with van der Waals surface area (Å²) in [6.45, 7) is 4.36. The first kappa shape index (κ1) is 20.2. The Balaban J connectivity index is 1.68. The van der Waals surface area contributed by atoms with Gasteiger partial charge in [-0.05, 0) is 38.5 Å². The highest BCUT2D eigenvalue weighted by atomic mass is 16.6. The zero-order valence-corrected chi connectivity index (χ0v) is 15.7. The molecule has 0 saturated carbocycles. The molecule has 4 heteroatoms. The summed E-state index contributed by atoms with van der Waals surface area (Å²) in [5.74, 6) is 0. The first-order valence-corrected chi connectivity index (χ1v) is 10.3. The van der Waals surface area contributed by atoms with Crippen LogP contribution in [0, 0.1) is 0 Å². The number of ether oxygens (including phenoxy) is 2. The van der Waals surface area contributed by atoms with Crippen molar-refractivity contribution in [1.82, 2.24) is 0 Å².